The van der Waals surface area contributed by atoms with Crippen LogP contribution in [-0.2, 0) is 14.8 Å². The molecule has 2 N–H and O–H groups in total. The molecular weight excluding hydrogens is 403 g/mol. The number of thiophene rings is 1. The zero-order valence-electron chi connectivity index (χ0n) is 13.9. The van der Waals surface area contributed by atoms with Gasteiger partial charge in [0.1, 0.15) is 4.21 Å². The summed E-state index contributed by atoms with van der Waals surface area (Å²) in [5.41, 5.74) is -0.146. The zero-order chi connectivity index (χ0) is 17.2. The van der Waals surface area contributed by atoms with Gasteiger partial charge in [0.25, 0.3) is 0 Å². The molecule has 25 heavy (non-hydrogen) atoms. The second-order valence-corrected chi connectivity index (χ2v) is 9.77. The monoisotopic (exact) mass is 424 g/mol. The highest BCUT2D eigenvalue weighted by Crippen LogP contribution is 2.32. The lowest BCUT2D eigenvalue weighted by Crippen LogP contribution is -2.47. The first-order valence-electron chi connectivity index (χ1n) is 7.83. The summed E-state index contributed by atoms with van der Waals surface area (Å²) in [5.74, 6) is 0. The van der Waals surface area contributed by atoms with Crippen LogP contribution in [0.5, 0.6) is 0 Å². The van der Waals surface area contributed by atoms with Crippen molar-refractivity contribution in [3.63, 3.8) is 0 Å². The molecule has 9 heteroatoms. The Labute approximate surface area is 163 Å². The predicted octanol–water partition coefficient (Wildman–Crippen LogP) is 3.27. The fraction of sp³-hybridized carbons (Fsp3) is 0.500. The van der Waals surface area contributed by atoms with Gasteiger partial charge >= 0.3 is 0 Å². The molecule has 1 aliphatic rings. The summed E-state index contributed by atoms with van der Waals surface area (Å²) in [6, 6.07) is 7.08. The van der Waals surface area contributed by atoms with E-state index in [-0.39, 0.29) is 17.8 Å². The number of benzene rings is 1. The summed E-state index contributed by atoms with van der Waals surface area (Å²) in [7, 11) is -1.88. The van der Waals surface area contributed by atoms with Crippen molar-refractivity contribution in [2.24, 2.45) is 5.41 Å². The van der Waals surface area contributed by atoms with Crippen LogP contribution in [0.3, 0.4) is 0 Å². The minimum atomic E-state index is -3.54. The number of nitrogens with one attached hydrogen (secondary N) is 2. The molecule has 3 rings (SSSR count). The summed E-state index contributed by atoms with van der Waals surface area (Å²) in [4.78, 5) is 0. The van der Waals surface area contributed by atoms with Crippen molar-refractivity contribution in [3.05, 3.63) is 29.3 Å². The Kier molecular flexibility index (Phi) is 7.12. The van der Waals surface area contributed by atoms with Gasteiger partial charge in [0.15, 0.2) is 0 Å². The lowest BCUT2D eigenvalue weighted by molar-refractivity contribution is 0.0577. The van der Waals surface area contributed by atoms with E-state index < -0.39 is 10.0 Å². The smallest absolute Gasteiger partial charge is 0.250 e. The third-order valence-electron chi connectivity index (χ3n) is 4.47. The van der Waals surface area contributed by atoms with Gasteiger partial charge in [-0.05, 0) is 55.6 Å². The lowest BCUT2D eigenvalue weighted by atomic mass is 9.80. The summed E-state index contributed by atoms with van der Waals surface area (Å²) >= 11 is 7.24. The highest BCUT2D eigenvalue weighted by molar-refractivity contribution is 7.91. The maximum absolute atomic E-state index is 12.7. The molecule has 5 nitrogen and oxygen atoms in total. The van der Waals surface area contributed by atoms with Gasteiger partial charge in [-0.2, -0.15) is 0 Å². The van der Waals surface area contributed by atoms with Gasteiger partial charge in [0, 0.05) is 28.8 Å². The van der Waals surface area contributed by atoms with Gasteiger partial charge in [-0.1, -0.05) is 11.6 Å². The number of hydrogen-bond donors (Lipinski definition) is 2. The van der Waals surface area contributed by atoms with E-state index >= 15 is 0 Å². The second kappa shape index (κ2) is 8.52. The number of hydrogen-bond acceptors (Lipinski definition) is 5. The molecule has 0 aliphatic carbocycles. The van der Waals surface area contributed by atoms with Gasteiger partial charge in [0.2, 0.25) is 10.0 Å². The maximum atomic E-state index is 12.7. The summed E-state index contributed by atoms with van der Waals surface area (Å²) in [6.07, 6.45) is 1.79. The molecule has 1 saturated heterocycles. The van der Waals surface area contributed by atoms with Gasteiger partial charge in [-0.25, -0.2) is 13.1 Å². The van der Waals surface area contributed by atoms with Crippen LogP contribution in [0.2, 0.25) is 5.02 Å². The minimum absolute atomic E-state index is 0. The molecule has 0 radical (unpaired) electrons. The Hall–Kier alpha value is -0.410. The van der Waals surface area contributed by atoms with Gasteiger partial charge < -0.3 is 10.1 Å². The molecular formula is C16H22Cl2N2O3S2. The van der Waals surface area contributed by atoms with E-state index in [0.717, 1.165) is 36.0 Å². The molecule has 1 aromatic carbocycles. The molecule has 1 fully saturated rings. The van der Waals surface area contributed by atoms with Crippen LogP contribution in [0, 0.1) is 5.41 Å². The summed E-state index contributed by atoms with van der Waals surface area (Å²) < 4.78 is 34.7. The molecule has 0 unspecified atom stereocenters. The summed E-state index contributed by atoms with van der Waals surface area (Å²) in [6.45, 7) is 2.71. The SMILES string of the molecule is COCC1(CNS(=O)(=O)c2cc3cc(Cl)ccc3s2)CCNCC1.Cl. The molecule has 0 bridgehead atoms. The van der Waals surface area contributed by atoms with Crippen molar-refractivity contribution in [1.29, 1.82) is 0 Å². The predicted molar refractivity (Wildman–Crippen MR) is 106 cm³/mol. The molecule has 1 aliphatic heterocycles. The first-order valence-corrected chi connectivity index (χ1v) is 10.5. The maximum Gasteiger partial charge on any atom is 0.250 e. The molecule has 140 valence electrons. The van der Waals surface area contributed by atoms with E-state index in [2.05, 4.69) is 10.0 Å². The lowest BCUT2D eigenvalue weighted by Gasteiger charge is -2.37. The number of sulfonamides is 1. The molecule has 2 aromatic rings. The fourth-order valence-electron chi connectivity index (χ4n) is 3.08. The van der Waals surface area contributed by atoms with Crippen LogP contribution in [-0.4, -0.2) is 41.8 Å². The Morgan fingerprint density at radius 3 is 2.72 bits per heavy atom. The molecule has 0 atom stereocenters. The van der Waals surface area contributed by atoms with Gasteiger partial charge in [-0.3, -0.25) is 0 Å². The quantitative estimate of drug-likeness (QED) is 0.746. The number of fused-ring (bicyclic) bond motifs is 1. The Morgan fingerprint density at radius 2 is 2.04 bits per heavy atom. The molecule has 0 saturated carbocycles. The van der Waals surface area contributed by atoms with Crippen LogP contribution >= 0.6 is 35.3 Å². The number of halogens is 2. The second-order valence-electron chi connectivity index (χ2n) is 6.26. The molecule has 2 heterocycles. The van der Waals surface area contributed by atoms with E-state index in [1.807, 2.05) is 6.07 Å². The molecule has 1 aromatic heterocycles. The number of rotatable bonds is 6. The van der Waals surface area contributed by atoms with Crippen molar-refractivity contribution in [2.45, 2.75) is 17.1 Å². The van der Waals surface area contributed by atoms with Crippen LogP contribution in [0.4, 0.5) is 0 Å². The largest absolute Gasteiger partial charge is 0.384 e. The average Bonchev–Trinajstić information content (AvgIpc) is 2.98. The third kappa shape index (κ3) is 4.86. The van der Waals surface area contributed by atoms with E-state index in [1.165, 1.54) is 11.3 Å². The highest BCUT2D eigenvalue weighted by Gasteiger charge is 2.33. The Balaban J connectivity index is 0.00000225. The zero-order valence-corrected chi connectivity index (χ0v) is 17.1. The van der Waals surface area contributed by atoms with Crippen LogP contribution in [0.25, 0.3) is 10.1 Å². The van der Waals surface area contributed by atoms with E-state index in [1.54, 1.807) is 25.3 Å². The number of ether oxygens (including phenoxy) is 1. The van der Waals surface area contributed by atoms with Crippen LogP contribution in [0.1, 0.15) is 12.8 Å². The van der Waals surface area contributed by atoms with Crippen molar-refractivity contribution >= 4 is 55.5 Å². The van der Waals surface area contributed by atoms with Crippen LogP contribution < -0.4 is 10.0 Å². The van der Waals surface area contributed by atoms with E-state index in [4.69, 9.17) is 16.3 Å². The van der Waals surface area contributed by atoms with Gasteiger partial charge in [0.05, 0.1) is 6.61 Å². The molecule has 0 spiro atoms. The highest BCUT2D eigenvalue weighted by atomic mass is 35.5. The Morgan fingerprint density at radius 1 is 1.32 bits per heavy atom. The average molecular weight is 425 g/mol. The number of methoxy groups -OCH3 is 1. The fourth-order valence-corrected chi connectivity index (χ4v) is 5.84. The first kappa shape index (κ1) is 20.9. The van der Waals surface area contributed by atoms with Crippen molar-refractivity contribution in [3.8, 4) is 0 Å². The third-order valence-corrected chi connectivity index (χ3v) is 7.70. The Bertz CT molecular complexity index is 812. The first-order chi connectivity index (χ1) is 11.4. The van der Waals surface area contributed by atoms with Crippen molar-refractivity contribution < 1.29 is 13.2 Å². The summed E-state index contributed by atoms with van der Waals surface area (Å²) in [5, 5.41) is 4.76. The van der Waals surface area contributed by atoms with Crippen LogP contribution in [0.15, 0.2) is 28.5 Å². The number of piperidine rings is 1. The minimum Gasteiger partial charge on any atom is -0.384 e. The standard InChI is InChI=1S/C16H21ClN2O3S2.ClH/c1-22-11-16(4-6-18-7-5-16)10-19-24(20,21)15-9-12-8-13(17)2-3-14(12)23-15;/h2-3,8-9,18-19H,4-7,10-11H2,1H3;1H. The normalized spacial score (nSPS) is 17.4. The molecule has 0 amide bonds. The van der Waals surface area contributed by atoms with Crippen molar-refractivity contribution in [1.82, 2.24) is 10.0 Å². The van der Waals surface area contributed by atoms with Gasteiger partial charge in [-0.15, -0.1) is 23.7 Å². The van der Waals surface area contributed by atoms with E-state index in [9.17, 15) is 8.42 Å². The topological polar surface area (TPSA) is 67.4 Å². The van der Waals surface area contributed by atoms with Crippen molar-refractivity contribution in [2.75, 3.05) is 33.4 Å². The van der Waals surface area contributed by atoms with E-state index in [0.29, 0.717) is 22.4 Å².